The summed E-state index contributed by atoms with van der Waals surface area (Å²) < 4.78 is 4.83. The second kappa shape index (κ2) is 8.42. The Labute approximate surface area is 147 Å². The minimum Gasteiger partial charge on any atom is -0.452 e. The van der Waals surface area contributed by atoms with Crippen LogP contribution in [0.4, 0.5) is 0 Å². The van der Waals surface area contributed by atoms with Gasteiger partial charge in [-0.1, -0.05) is 23.7 Å². The van der Waals surface area contributed by atoms with Gasteiger partial charge in [0.05, 0.1) is 17.0 Å². The molecular formula is C15H14ClN3O4S. The van der Waals surface area contributed by atoms with Crippen molar-refractivity contribution < 1.29 is 19.1 Å². The van der Waals surface area contributed by atoms with E-state index in [1.165, 1.54) is 17.4 Å². The first-order valence-corrected chi connectivity index (χ1v) is 8.12. The number of halogens is 1. The summed E-state index contributed by atoms with van der Waals surface area (Å²) in [7, 11) is 0. The number of thiazole rings is 1. The van der Waals surface area contributed by atoms with Gasteiger partial charge in [0.1, 0.15) is 5.01 Å². The molecular weight excluding hydrogens is 354 g/mol. The lowest BCUT2D eigenvalue weighted by Gasteiger charge is -2.08. The Morgan fingerprint density at radius 2 is 1.92 bits per heavy atom. The van der Waals surface area contributed by atoms with E-state index in [2.05, 4.69) is 15.8 Å². The van der Waals surface area contributed by atoms with Gasteiger partial charge >= 0.3 is 5.97 Å². The molecule has 0 saturated carbocycles. The Kier molecular flexibility index (Phi) is 6.28. The van der Waals surface area contributed by atoms with Gasteiger partial charge in [-0.25, -0.2) is 9.78 Å². The van der Waals surface area contributed by atoms with Gasteiger partial charge < -0.3 is 4.74 Å². The molecule has 1 heterocycles. The van der Waals surface area contributed by atoms with Crippen molar-refractivity contribution in [3.05, 3.63) is 50.9 Å². The van der Waals surface area contributed by atoms with Crippen LogP contribution in [-0.2, 0) is 20.7 Å². The van der Waals surface area contributed by atoms with Crippen LogP contribution < -0.4 is 10.9 Å². The van der Waals surface area contributed by atoms with E-state index >= 15 is 0 Å². The van der Waals surface area contributed by atoms with Crippen molar-refractivity contribution >= 4 is 40.7 Å². The molecule has 2 N–H and O–H groups in total. The van der Waals surface area contributed by atoms with E-state index in [4.69, 9.17) is 16.3 Å². The van der Waals surface area contributed by atoms with Crippen molar-refractivity contribution in [2.75, 3.05) is 6.61 Å². The number of rotatable bonds is 5. The number of hydrogen-bond acceptors (Lipinski definition) is 6. The van der Waals surface area contributed by atoms with Gasteiger partial charge in [0.15, 0.2) is 6.61 Å². The number of carbonyl (C=O) groups is 3. The number of aryl methyl sites for hydroxylation is 1. The Morgan fingerprint density at radius 3 is 2.58 bits per heavy atom. The first-order valence-electron chi connectivity index (χ1n) is 6.86. The average molecular weight is 368 g/mol. The zero-order chi connectivity index (χ0) is 17.5. The first kappa shape index (κ1) is 17.9. The van der Waals surface area contributed by atoms with Crippen LogP contribution in [0.2, 0.25) is 5.02 Å². The highest BCUT2D eigenvalue weighted by atomic mass is 35.5. The Bertz CT molecular complexity index is 763. The van der Waals surface area contributed by atoms with Gasteiger partial charge in [0, 0.05) is 11.1 Å². The van der Waals surface area contributed by atoms with E-state index in [9.17, 15) is 14.4 Å². The minimum atomic E-state index is -0.722. The van der Waals surface area contributed by atoms with Crippen LogP contribution in [0.5, 0.6) is 0 Å². The summed E-state index contributed by atoms with van der Waals surface area (Å²) in [6.07, 6.45) is 0.0538. The zero-order valence-electron chi connectivity index (χ0n) is 12.7. The molecule has 24 heavy (non-hydrogen) atoms. The van der Waals surface area contributed by atoms with E-state index < -0.39 is 24.4 Å². The third kappa shape index (κ3) is 5.32. The van der Waals surface area contributed by atoms with Crippen molar-refractivity contribution in [2.24, 2.45) is 0 Å². The predicted molar refractivity (Wildman–Crippen MR) is 88.6 cm³/mol. The molecule has 0 bridgehead atoms. The third-order valence-corrected chi connectivity index (χ3v) is 4.04. The van der Waals surface area contributed by atoms with Crippen molar-refractivity contribution in [3.8, 4) is 0 Å². The summed E-state index contributed by atoms with van der Waals surface area (Å²) >= 11 is 7.21. The average Bonchev–Trinajstić information content (AvgIpc) is 2.96. The summed E-state index contributed by atoms with van der Waals surface area (Å²) in [6, 6.07) is 6.33. The van der Waals surface area contributed by atoms with Crippen LogP contribution in [0, 0.1) is 6.92 Å². The molecule has 1 aromatic carbocycles. The monoisotopic (exact) mass is 367 g/mol. The molecule has 0 fully saturated rings. The Hall–Kier alpha value is -2.45. The van der Waals surface area contributed by atoms with Gasteiger partial charge in [0.25, 0.3) is 5.91 Å². The SMILES string of the molecule is Cc1csc(CC(=O)NNC(=O)COC(=O)c2ccccc2Cl)n1. The molecule has 0 spiro atoms. The lowest BCUT2D eigenvalue weighted by atomic mass is 10.2. The number of aromatic nitrogens is 1. The van der Waals surface area contributed by atoms with Crippen LogP contribution in [0.25, 0.3) is 0 Å². The number of hydrogen-bond donors (Lipinski definition) is 2. The summed E-state index contributed by atoms with van der Waals surface area (Å²) in [6.45, 7) is 1.29. The topological polar surface area (TPSA) is 97.4 Å². The molecule has 0 radical (unpaired) electrons. The lowest BCUT2D eigenvalue weighted by molar-refractivity contribution is -0.130. The molecule has 2 rings (SSSR count). The molecule has 0 unspecified atom stereocenters. The number of hydrazine groups is 1. The second-order valence-corrected chi connectivity index (χ2v) is 6.06. The lowest BCUT2D eigenvalue weighted by Crippen LogP contribution is -2.44. The maximum Gasteiger partial charge on any atom is 0.340 e. The zero-order valence-corrected chi connectivity index (χ0v) is 14.2. The highest BCUT2D eigenvalue weighted by Gasteiger charge is 2.14. The van der Waals surface area contributed by atoms with Crippen molar-refractivity contribution in [1.82, 2.24) is 15.8 Å². The Morgan fingerprint density at radius 1 is 1.21 bits per heavy atom. The fourth-order valence-electron chi connectivity index (χ4n) is 1.68. The molecule has 2 aromatic rings. The molecule has 9 heteroatoms. The smallest absolute Gasteiger partial charge is 0.340 e. The fourth-order valence-corrected chi connectivity index (χ4v) is 2.66. The number of ether oxygens (including phenoxy) is 1. The van der Waals surface area contributed by atoms with Gasteiger partial charge in [-0.2, -0.15) is 0 Å². The predicted octanol–water partition coefficient (Wildman–Crippen LogP) is 1.65. The number of esters is 1. The maximum atomic E-state index is 11.8. The van der Waals surface area contributed by atoms with Gasteiger partial charge in [-0.05, 0) is 19.1 Å². The molecule has 0 saturated heterocycles. The molecule has 0 aliphatic heterocycles. The highest BCUT2D eigenvalue weighted by molar-refractivity contribution is 7.09. The number of carbonyl (C=O) groups excluding carboxylic acids is 3. The number of benzene rings is 1. The normalized spacial score (nSPS) is 10.1. The van der Waals surface area contributed by atoms with E-state index in [-0.39, 0.29) is 17.0 Å². The molecule has 1 aromatic heterocycles. The maximum absolute atomic E-state index is 11.8. The van der Waals surface area contributed by atoms with Crippen LogP contribution in [-0.4, -0.2) is 29.4 Å². The molecule has 7 nitrogen and oxygen atoms in total. The molecule has 0 aliphatic rings. The van der Waals surface area contributed by atoms with Crippen LogP contribution in [0.1, 0.15) is 21.1 Å². The quantitative estimate of drug-likeness (QED) is 0.618. The van der Waals surface area contributed by atoms with Crippen molar-refractivity contribution in [1.29, 1.82) is 0 Å². The summed E-state index contributed by atoms with van der Waals surface area (Å²) in [4.78, 5) is 39.1. The summed E-state index contributed by atoms with van der Waals surface area (Å²) in [5.41, 5.74) is 5.38. The van der Waals surface area contributed by atoms with E-state index in [1.54, 1.807) is 18.2 Å². The van der Waals surface area contributed by atoms with Gasteiger partial charge in [-0.3, -0.25) is 20.4 Å². The number of amides is 2. The van der Waals surface area contributed by atoms with Crippen LogP contribution >= 0.6 is 22.9 Å². The minimum absolute atomic E-state index is 0.0538. The molecule has 0 aliphatic carbocycles. The van der Waals surface area contributed by atoms with Crippen molar-refractivity contribution in [3.63, 3.8) is 0 Å². The summed E-state index contributed by atoms with van der Waals surface area (Å²) in [5.74, 6) is -1.81. The van der Waals surface area contributed by atoms with Crippen molar-refractivity contribution in [2.45, 2.75) is 13.3 Å². The Balaban J connectivity index is 1.72. The van der Waals surface area contributed by atoms with Gasteiger partial charge in [-0.15, -0.1) is 11.3 Å². The largest absolute Gasteiger partial charge is 0.452 e. The molecule has 0 atom stereocenters. The number of nitrogens with zero attached hydrogens (tertiary/aromatic N) is 1. The molecule has 126 valence electrons. The third-order valence-electron chi connectivity index (χ3n) is 2.75. The first-order chi connectivity index (χ1) is 11.5. The van der Waals surface area contributed by atoms with Gasteiger partial charge in [0.2, 0.25) is 5.91 Å². The standard InChI is InChI=1S/C15H14ClN3O4S/c1-9-8-24-14(17-9)6-12(20)18-19-13(21)7-23-15(22)10-4-2-3-5-11(10)16/h2-5,8H,6-7H2,1H3,(H,18,20)(H,19,21). The van der Waals surface area contributed by atoms with E-state index in [0.717, 1.165) is 5.69 Å². The van der Waals surface area contributed by atoms with E-state index in [1.807, 2.05) is 12.3 Å². The van der Waals surface area contributed by atoms with Crippen LogP contribution in [0.3, 0.4) is 0 Å². The van der Waals surface area contributed by atoms with Crippen LogP contribution in [0.15, 0.2) is 29.6 Å². The summed E-state index contributed by atoms with van der Waals surface area (Å²) in [5, 5.41) is 2.70. The van der Waals surface area contributed by atoms with E-state index in [0.29, 0.717) is 5.01 Å². The second-order valence-electron chi connectivity index (χ2n) is 4.71. The highest BCUT2D eigenvalue weighted by Crippen LogP contribution is 2.15. The molecule has 2 amide bonds. The fraction of sp³-hybridized carbons (Fsp3) is 0.200. The number of nitrogens with one attached hydrogen (secondary N) is 2.